The summed E-state index contributed by atoms with van der Waals surface area (Å²) in [5, 5.41) is 6.89. The normalized spacial score (nSPS) is 20.2. The highest BCUT2D eigenvalue weighted by Gasteiger charge is 2.29. The lowest BCUT2D eigenvalue weighted by atomic mass is 10.2. The highest BCUT2D eigenvalue weighted by Crippen LogP contribution is 2.15. The number of benzene rings is 1. The minimum atomic E-state index is -0.0972. The van der Waals surface area contributed by atoms with Crippen molar-refractivity contribution in [3.8, 4) is 11.4 Å². The Morgan fingerprint density at radius 2 is 2.17 bits per heavy atom. The van der Waals surface area contributed by atoms with Crippen LogP contribution in [0.4, 0.5) is 0 Å². The number of hydrogen-bond acceptors (Lipinski definition) is 6. The fraction of sp³-hybridized carbons (Fsp3) is 0.471. The molecule has 7 nitrogen and oxygen atoms in total. The van der Waals surface area contributed by atoms with Crippen LogP contribution >= 0.6 is 0 Å². The number of nitrogens with one attached hydrogen (secondary N) is 1. The van der Waals surface area contributed by atoms with Crippen LogP contribution in [0, 0.1) is 0 Å². The monoisotopic (exact) mass is 331 g/mol. The number of hydrogen-bond donors (Lipinski definition) is 1. The van der Waals surface area contributed by atoms with Crippen molar-refractivity contribution in [2.75, 3.05) is 19.8 Å². The van der Waals surface area contributed by atoms with E-state index >= 15 is 0 Å². The second kappa shape index (κ2) is 8.03. The Labute approximate surface area is 140 Å². The number of amides is 1. The molecule has 24 heavy (non-hydrogen) atoms. The molecule has 1 saturated heterocycles. The van der Waals surface area contributed by atoms with Crippen LogP contribution in [0.3, 0.4) is 0 Å². The Morgan fingerprint density at radius 1 is 1.33 bits per heavy atom. The number of rotatable bonds is 7. The van der Waals surface area contributed by atoms with E-state index in [0.717, 1.165) is 5.56 Å². The lowest BCUT2D eigenvalue weighted by Crippen LogP contribution is -2.43. The Kier molecular flexibility index (Phi) is 5.55. The Morgan fingerprint density at radius 3 is 2.96 bits per heavy atom. The zero-order chi connectivity index (χ0) is 16.8. The number of aromatic nitrogens is 2. The summed E-state index contributed by atoms with van der Waals surface area (Å²) in [6, 6.07) is 9.48. The van der Waals surface area contributed by atoms with Crippen molar-refractivity contribution in [3.05, 3.63) is 36.2 Å². The molecule has 1 aliphatic heterocycles. The fourth-order valence-electron chi connectivity index (χ4n) is 2.61. The van der Waals surface area contributed by atoms with Crippen LogP contribution in [0.1, 0.15) is 19.2 Å². The van der Waals surface area contributed by atoms with Crippen molar-refractivity contribution >= 4 is 5.91 Å². The van der Waals surface area contributed by atoms with Crippen LogP contribution in [0.5, 0.6) is 0 Å². The molecule has 0 radical (unpaired) electrons. The summed E-state index contributed by atoms with van der Waals surface area (Å²) in [6.45, 7) is 3.53. The summed E-state index contributed by atoms with van der Waals surface area (Å²) in [6.07, 6.45) is 0.608. The first-order valence-corrected chi connectivity index (χ1v) is 8.13. The molecule has 1 aromatic carbocycles. The molecule has 0 aliphatic carbocycles. The summed E-state index contributed by atoms with van der Waals surface area (Å²) >= 11 is 0. The number of carbonyl (C=O) groups excluding carboxylic acids is 1. The van der Waals surface area contributed by atoms with E-state index in [-0.39, 0.29) is 24.5 Å². The molecule has 1 N–H and O–H groups in total. The molecule has 1 aromatic heterocycles. The first-order valence-electron chi connectivity index (χ1n) is 8.13. The maximum absolute atomic E-state index is 12.1. The molecule has 1 amide bonds. The third-order valence-corrected chi connectivity index (χ3v) is 3.82. The Balaban J connectivity index is 1.49. The molecule has 3 rings (SSSR count). The standard InChI is InChI=1S/C17H21N3O4/c1-2-23-14-11-22-10-13(14)18-15(21)8-9-16-19-17(20-24-16)12-6-4-3-5-7-12/h3-7,13-14H,2,8-11H2,1H3,(H,18,21)/t13-,14-/m0/s1. The van der Waals surface area contributed by atoms with Gasteiger partial charge in [-0.3, -0.25) is 4.79 Å². The lowest BCUT2D eigenvalue weighted by molar-refractivity contribution is -0.122. The second-order valence-corrected chi connectivity index (χ2v) is 5.58. The van der Waals surface area contributed by atoms with Gasteiger partial charge < -0.3 is 19.3 Å². The maximum atomic E-state index is 12.1. The van der Waals surface area contributed by atoms with E-state index in [2.05, 4.69) is 15.5 Å². The summed E-state index contributed by atoms with van der Waals surface area (Å²) in [7, 11) is 0. The molecule has 128 valence electrons. The number of ether oxygens (including phenoxy) is 2. The van der Waals surface area contributed by atoms with Crippen LogP contribution in [-0.4, -0.2) is 48.0 Å². The maximum Gasteiger partial charge on any atom is 0.227 e. The van der Waals surface area contributed by atoms with E-state index in [1.807, 2.05) is 37.3 Å². The lowest BCUT2D eigenvalue weighted by Gasteiger charge is -2.18. The SMILES string of the molecule is CCO[C@H]1COC[C@@H]1NC(=O)CCc1nc(-c2ccccc2)no1. The van der Waals surface area contributed by atoms with E-state index in [4.69, 9.17) is 14.0 Å². The van der Waals surface area contributed by atoms with Gasteiger partial charge in [0, 0.05) is 25.0 Å². The van der Waals surface area contributed by atoms with Crippen molar-refractivity contribution in [2.45, 2.75) is 31.9 Å². The van der Waals surface area contributed by atoms with E-state index < -0.39 is 0 Å². The highest BCUT2D eigenvalue weighted by atomic mass is 16.5. The Bertz CT molecular complexity index is 659. The zero-order valence-electron chi connectivity index (χ0n) is 13.6. The molecule has 0 bridgehead atoms. The van der Waals surface area contributed by atoms with Gasteiger partial charge in [-0.05, 0) is 6.92 Å². The third kappa shape index (κ3) is 4.18. The fourth-order valence-corrected chi connectivity index (χ4v) is 2.61. The van der Waals surface area contributed by atoms with E-state index in [1.165, 1.54) is 0 Å². The molecule has 1 aliphatic rings. The van der Waals surface area contributed by atoms with Gasteiger partial charge in [-0.25, -0.2) is 0 Å². The average Bonchev–Trinajstić information content (AvgIpc) is 3.24. The van der Waals surface area contributed by atoms with Gasteiger partial charge in [-0.2, -0.15) is 4.98 Å². The summed E-state index contributed by atoms with van der Waals surface area (Å²) in [4.78, 5) is 16.4. The van der Waals surface area contributed by atoms with Gasteiger partial charge in [0.1, 0.15) is 6.10 Å². The van der Waals surface area contributed by atoms with Crippen molar-refractivity contribution in [3.63, 3.8) is 0 Å². The second-order valence-electron chi connectivity index (χ2n) is 5.58. The molecule has 1 fully saturated rings. The smallest absolute Gasteiger partial charge is 0.227 e. The average molecular weight is 331 g/mol. The molecular weight excluding hydrogens is 310 g/mol. The van der Waals surface area contributed by atoms with E-state index in [1.54, 1.807) is 0 Å². The topological polar surface area (TPSA) is 86.5 Å². The van der Waals surface area contributed by atoms with E-state index in [9.17, 15) is 4.79 Å². The number of aryl methyl sites for hydroxylation is 1. The molecule has 0 saturated carbocycles. The van der Waals surface area contributed by atoms with E-state index in [0.29, 0.717) is 38.0 Å². The molecule has 2 atom stereocenters. The predicted molar refractivity (Wildman–Crippen MR) is 86.2 cm³/mol. The first kappa shape index (κ1) is 16.6. The van der Waals surface area contributed by atoms with Gasteiger partial charge >= 0.3 is 0 Å². The number of nitrogens with zero attached hydrogens (tertiary/aromatic N) is 2. The molecule has 2 heterocycles. The van der Waals surface area contributed by atoms with Crippen molar-refractivity contribution in [1.82, 2.24) is 15.5 Å². The van der Waals surface area contributed by atoms with Gasteiger partial charge in [0.05, 0.1) is 19.3 Å². The van der Waals surface area contributed by atoms with Crippen LogP contribution in [0.15, 0.2) is 34.9 Å². The van der Waals surface area contributed by atoms with Gasteiger partial charge in [-0.15, -0.1) is 0 Å². The largest absolute Gasteiger partial charge is 0.376 e. The minimum absolute atomic E-state index is 0.0744. The zero-order valence-corrected chi connectivity index (χ0v) is 13.6. The number of carbonyl (C=O) groups is 1. The van der Waals surface area contributed by atoms with Crippen LogP contribution in [-0.2, 0) is 20.7 Å². The summed E-state index contributed by atoms with van der Waals surface area (Å²) in [5.41, 5.74) is 0.889. The third-order valence-electron chi connectivity index (χ3n) is 3.82. The van der Waals surface area contributed by atoms with Crippen LogP contribution < -0.4 is 5.32 Å². The summed E-state index contributed by atoms with van der Waals surface area (Å²) in [5.74, 6) is 0.911. The van der Waals surface area contributed by atoms with Gasteiger partial charge in [0.15, 0.2) is 0 Å². The molecule has 7 heteroatoms. The van der Waals surface area contributed by atoms with Crippen molar-refractivity contribution < 1.29 is 18.8 Å². The van der Waals surface area contributed by atoms with Gasteiger partial charge in [0.2, 0.25) is 17.6 Å². The predicted octanol–water partition coefficient (Wildman–Crippen LogP) is 1.59. The molecule has 0 spiro atoms. The first-order chi connectivity index (χ1) is 11.8. The molecule has 0 unspecified atom stereocenters. The van der Waals surface area contributed by atoms with Crippen LogP contribution in [0.2, 0.25) is 0 Å². The summed E-state index contributed by atoms with van der Waals surface area (Å²) < 4.78 is 16.1. The van der Waals surface area contributed by atoms with Crippen molar-refractivity contribution in [1.29, 1.82) is 0 Å². The minimum Gasteiger partial charge on any atom is -0.376 e. The quantitative estimate of drug-likeness (QED) is 0.829. The highest BCUT2D eigenvalue weighted by molar-refractivity contribution is 5.76. The molecular formula is C17H21N3O4. The van der Waals surface area contributed by atoms with Gasteiger partial charge in [0.25, 0.3) is 0 Å². The van der Waals surface area contributed by atoms with Gasteiger partial charge in [-0.1, -0.05) is 35.5 Å². The van der Waals surface area contributed by atoms with Crippen molar-refractivity contribution in [2.24, 2.45) is 0 Å². The van der Waals surface area contributed by atoms with Crippen LogP contribution in [0.25, 0.3) is 11.4 Å². The Hall–Kier alpha value is -2.25. The molecule has 2 aromatic rings.